The van der Waals surface area contributed by atoms with Gasteiger partial charge in [-0.1, -0.05) is 20.3 Å². The van der Waals surface area contributed by atoms with Crippen LogP contribution in [0.15, 0.2) is 0 Å². The minimum absolute atomic E-state index is 0. The van der Waals surface area contributed by atoms with Crippen molar-refractivity contribution in [3.63, 3.8) is 0 Å². The second kappa shape index (κ2) is 63.5. The molecule has 2 unspecified atom stereocenters. The first-order valence-corrected chi connectivity index (χ1v) is 6.54. The third-order valence-corrected chi connectivity index (χ3v) is 4.42. The van der Waals surface area contributed by atoms with Gasteiger partial charge in [0.2, 0.25) is 0 Å². The van der Waals surface area contributed by atoms with E-state index in [0.717, 1.165) is 23.2 Å². The Hall–Kier alpha value is 10.4. The van der Waals surface area contributed by atoms with Crippen molar-refractivity contribution < 1.29 is 371 Å². The van der Waals surface area contributed by atoms with Crippen molar-refractivity contribution in [3.05, 3.63) is 62.7 Å². The fourth-order valence-electron chi connectivity index (χ4n) is 2.91. The van der Waals surface area contributed by atoms with E-state index < -0.39 is 0 Å². The Morgan fingerprint density at radius 3 is 1.10 bits per heavy atom. The molecule has 1 aromatic carbocycles. The molecule has 0 spiro atoms. The molecule has 0 saturated heterocycles. The van der Waals surface area contributed by atoms with Crippen molar-refractivity contribution in [1.29, 1.82) is 0 Å². The van der Waals surface area contributed by atoms with E-state index in [1.807, 2.05) is 16.8 Å². The number of nitrogens with zero attached hydrogens (tertiary/aromatic N) is 2. The predicted octanol–water partition coefficient (Wildman–Crippen LogP) is 3.59. The van der Waals surface area contributed by atoms with Crippen LogP contribution < -0.4 is 4.90 Å². The van der Waals surface area contributed by atoms with Gasteiger partial charge in [0.15, 0.2) is 0 Å². The van der Waals surface area contributed by atoms with E-state index in [-0.39, 0.29) is 383 Å². The monoisotopic (exact) mass is 1270 g/mol. The number of hydrogen-bond acceptors (Lipinski definition) is 2. The molecule has 1 aromatic rings. The maximum absolute atomic E-state index is 4.27. The van der Waals surface area contributed by atoms with E-state index in [9.17, 15) is 0 Å². The molecule has 1 heterocycles. The molecule has 2 atom stereocenters. The van der Waals surface area contributed by atoms with Gasteiger partial charge in [0.25, 0.3) is 0 Å². The van der Waals surface area contributed by atoms with Gasteiger partial charge in [-0.25, -0.2) is 23.6 Å². The summed E-state index contributed by atoms with van der Waals surface area (Å²) < 4.78 is 0. The third kappa shape index (κ3) is 35.2. The van der Waals surface area contributed by atoms with E-state index in [2.05, 4.69) is 48.7 Å². The number of fused-ring (bicyclic) bond motifs is 1. The maximum atomic E-state index is 4.27. The first kappa shape index (κ1) is 125. The first-order chi connectivity index (χ1) is 8.77. The summed E-state index contributed by atoms with van der Waals surface area (Å²) in [6.45, 7) is 16.9. The number of hydrogen-bond donors (Lipinski definition) is 0. The zero-order chi connectivity index (χ0) is 14.5. The second-order valence-corrected chi connectivity index (χ2v) is 5.60. The number of anilines is 1. The summed E-state index contributed by atoms with van der Waals surface area (Å²) in [6, 6.07) is 0.353. The molecule has 0 amide bonds. The number of rotatable bonds is 1. The van der Waals surface area contributed by atoms with Crippen LogP contribution in [0.4, 0.5) is 5.69 Å². The van der Waals surface area contributed by atoms with E-state index in [4.69, 9.17) is 0 Å². The average molecular weight is 1270 g/mol. The molecule has 0 aromatic heterocycles. The van der Waals surface area contributed by atoms with Gasteiger partial charge >= 0.3 is 0 Å². The summed E-state index contributed by atoms with van der Waals surface area (Å²) in [5.74, 6) is 0. The molecule has 20 radical (unpaired) electrons. The fourth-order valence-corrected chi connectivity index (χ4v) is 2.91. The zero-order valence-corrected chi connectivity index (χ0v) is 49.2. The molecule has 2 rings (SSSR count). The summed E-state index contributed by atoms with van der Waals surface area (Å²) in [4.78, 5) is 3.98. The molecule has 0 N–H and O–H groups in total. The van der Waals surface area contributed by atoms with Crippen LogP contribution in [0.2, 0.25) is 0 Å². The summed E-state index contributed by atoms with van der Waals surface area (Å²) in [7, 11) is 10.2. The van der Waals surface area contributed by atoms with Crippen LogP contribution in [0.3, 0.4) is 0 Å². The fraction of sp³-hybridized carbons (Fsp3) is 0.353. The molecule has 0 bridgehead atoms. The van der Waals surface area contributed by atoms with Gasteiger partial charge in [0.05, 0.1) is 0 Å². The van der Waals surface area contributed by atoms with Gasteiger partial charge in [0.1, 0.15) is 0 Å². The van der Waals surface area contributed by atoms with Gasteiger partial charge in [-0.05, 0) is 13.1 Å². The molecule has 0 aliphatic carbocycles. The average Bonchev–Trinajstić information content (AvgIpc) is 2.36. The zero-order valence-electron chi connectivity index (χ0n) is 21.2. The Labute approximate surface area is 478 Å². The van der Waals surface area contributed by atoms with Crippen LogP contribution >= 0.6 is 0 Å². The van der Waals surface area contributed by atoms with E-state index in [1.54, 1.807) is 0 Å². The molecule has 22 heteroatoms. The third-order valence-electron chi connectivity index (χ3n) is 4.42. The topological polar surface area (TPSA) is 6.48 Å². The number of benzene rings is 1. The largest absolute Gasteiger partial charge is 0.609 e. The Balaban J connectivity index is -0.0000000118. The SMILES string of the molecule is [CH2-]c1c(C)c(C)c([CH2-])c2c1C(N([CH2-])C)CC([CH2-])N2[CH2-].[V].[V].[V].[V].[V].[V].[V].[V].[V].[V].[V].[V].[V].[V].[V].[V].[V].[V].[V].[V]. The molecule has 0 saturated carbocycles. The van der Waals surface area contributed by atoms with Crippen LogP contribution in [-0.2, 0) is 371 Å². The normalized spacial score (nSPS) is 11.1. The van der Waals surface area contributed by atoms with Crippen molar-refractivity contribution in [2.24, 2.45) is 0 Å². The van der Waals surface area contributed by atoms with Gasteiger partial charge < -0.3 is 16.7 Å². The molecule has 2 nitrogen and oxygen atoms in total. The Bertz CT molecular complexity index is 542. The van der Waals surface area contributed by atoms with Crippen LogP contribution in [0, 0.1) is 48.7 Å². The van der Waals surface area contributed by atoms with Crippen molar-refractivity contribution in [3.8, 4) is 0 Å². The van der Waals surface area contributed by atoms with Crippen molar-refractivity contribution in [2.75, 3.05) is 11.9 Å². The molecule has 0 fully saturated rings. The van der Waals surface area contributed by atoms with Gasteiger partial charge in [-0.15, -0.1) is 6.04 Å². The smallest absolute Gasteiger partial charge is 0 e. The molecule has 1 aliphatic rings. The van der Waals surface area contributed by atoms with Crippen molar-refractivity contribution in [2.45, 2.75) is 32.4 Å². The first-order valence-electron chi connectivity index (χ1n) is 6.54. The van der Waals surface area contributed by atoms with Crippen molar-refractivity contribution in [1.82, 2.24) is 4.90 Å². The standard InChI is InChI=1S/C17H23N2.20V/c1-10-9-15(18(6)7)16-13(4)11(2)12(3)14(5)17(16)19(10)8;;;;;;;;;;;;;;;;;;;;/h10,15H,1,4-6,8-9H2,2-3,7H3;;;;;;;;;;;;;;;;;;;;/q-5;;;;;;;;;;;;;;;;;;;;. The van der Waals surface area contributed by atoms with Gasteiger partial charge in [-0.2, -0.15) is 23.7 Å². The van der Waals surface area contributed by atoms with Gasteiger partial charge in [0, 0.05) is 371 Å². The summed E-state index contributed by atoms with van der Waals surface area (Å²) >= 11 is 0. The van der Waals surface area contributed by atoms with E-state index in [1.165, 1.54) is 16.7 Å². The van der Waals surface area contributed by atoms with Crippen LogP contribution in [-0.4, -0.2) is 18.0 Å². The van der Waals surface area contributed by atoms with Crippen LogP contribution in [0.25, 0.3) is 0 Å². The quantitative estimate of drug-likeness (QED) is 0.398. The van der Waals surface area contributed by atoms with Crippen molar-refractivity contribution >= 4 is 5.69 Å². The second-order valence-electron chi connectivity index (χ2n) is 5.60. The Morgan fingerprint density at radius 1 is 0.590 bits per heavy atom. The minimum atomic E-state index is 0. The van der Waals surface area contributed by atoms with Crippen LogP contribution in [0.5, 0.6) is 0 Å². The van der Waals surface area contributed by atoms with E-state index in [0.29, 0.717) is 0 Å². The summed E-state index contributed by atoms with van der Waals surface area (Å²) in [6.07, 6.45) is 0.904. The Morgan fingerprint density at radius 2 is 0.846 bits per heavy atom. The summed E-state index contributed by atoms with van der Waals surface area (Å²) in [5.41, 5.74) is 6.82. The van der Waals surface area contributed by atoms with Gasteiger partial charge in [-0.3, -0.25) is 14.1 Å². The van der Waals surface area contributed by atoms with E-state index >= 15 is 0 Å². The Kier molecular flexibility index (Phi) is 204. The van der Waals surface area contributed by atoms with Crippen LogP contribution in [0.1, 0.15) is 40.3 Å². The molecule has 206 valence electrons. The molecular weight excluding hydrogens is 1250 g/mol. The molecule has 39 heavy (non-hydrogen) atoms. The molecule has 1 aliphatic heterocycles. The maximum Gasteiger partial charge on any atom is 0 e. The minimum Gasteiger partial charge on any atom is -0.609 e. The molecular formula is C17H23N2V20-5. The summed E-state index contributed by atoms with van der Waals surface area (Å²) in [5, 5.41) is 0. The predicted molar refractivity (Wildman–Crippen MR) is 82.3 cm³/mol.